The third-order valence-electron chi connectivity index (χ3n) is 4.22. The Morgan fingerprint density at radius 1 is 1.16 bits per heavy atom. The van der Waals surface area contributed by atoms with E-state index < -0.39 is 29.9 Å². The summed E-state index contributed by atoms with van der Waals surface area (Å²) in [5, 5.41) is 20.6. The highest BCUT2D eigenvalue weighted by Gasteiger charge is 2.24. The molecule has 2 rings (SSSR count). The molecule has 5 N–H and O–H groups in total. The van der Waals surface area contributed by atoms with Gasteiger partial charge in [-0.05, 0) is 36.0 Å². The predicted octanol–water partition coefficient (Wildman–Crippen LogP) is 1.17. The number of fused-ring (bicyclic) bond motifs is 1. The number of carboxylic acids is 2. The van der Waals surface area contributed by atoms with Crippen LogP contribution in [0.3, 0.4) is 0 Å². The van der Waals surface area contributed by atoms with Crippen LogP contribution in [0.2, 0.25) is 0 Å². The molecule has 0 heterocycles. The highest BCUT2D eigenvalue weighted by atomic mass is 16.4. The smallest absolute Gasteiger partial charge is 0.326 e. The van der Waals surface area contributed by atoms with E-state index in [1.165, 1.54) is 5.56 Å². The molecule has 0 aromatic heterocycles. The van der Waals surface area contributed by atoms with Gasteiger partial charge in [0.1, 0.15) is 12.1 Å². The molecule has 1 aromatic carbocycles. The van der Waals surface area contributed by atoms with Crippen molar-refractivity contribution in [2.24, 2.45) is 5.73 Å². The van der Waals surface area contributed by atoms with Crippen LogP contribution in [0.25, 0.3) is 5.57 Å². The number of benzene rings is 1. The molecule has 7 nitrogen and oxygen atoms in total. The fraction of sp³-hybridized carbons (Fsp3) is 0.389. The third kappa shape index (κ3) is 5.15. The lowest BCUT2D eigenvalue weighted by Crippen LogP contribution is -2.42. The lowest BCUT2D eigenvalue weighted by molar-refractivity contribution is -0.142. The molecule has 0 fully saturated rings. The fourth-order valence-corrected chi connectivity index (χ4v) is 2.85. The minimum atomic E-state index is -1.19. The van der Waals surface area contributed by atoms with Gasteiger partial charge >= 0.3 is 11.9 Å². The number of aliphatic carboxylic acids is 2. The van der Waals surface area contributed by atoms with Crippen molar-refractivity contribution in [2.45, 2.75) is 44.2 Å². The van der Waals surface area contributed by atoms with Gasteiger partial charge in [0.25, 0.3) is 0 Å². The molecule has 1 aliphatic carbocycles. The molecule has 0 bridgehead atoms. The Hall–Kier alpha value is -2.67. The predicted molar refractivity (Wildman–Crippen MR) is 91.8 cm³/mol. The molecule has 1 aromatic rings. The normalized spacial score (nSPS) is 15.5. The second-order valence-corrected chi connectivity index (χ2v) is 6.07. The number of aryl methyl sites for hydroxylation is 1. The third-order valence-corrected chi connectivity index (χ3v) is 4.22. The van der Waals surface area contributed by atoms with E-state index in [-0.39, 0.29) is 19.3 Å². The van der Waals surface area contributed by atoms with Gasteiger partial charge in [0.2, 0.25) is 5.91 Å². The van der Waals surface area contributed by atoms with Gasteiger partial charge in [-0.2, -0.15) is 0 Å². The van der Waals surface area contributed by atoms with E-state index in [2.05, 4.69) is 5.32 Å². The Balaban J connectivity index is 2.00. The summed E-state index contributed by atoms with van der Waals surface area (Å²) in [4.78, 5) is 34.1. The molecule has 0 saturated heterocycles. The van der Waals surface area contributed by atoms with Crippen LogP contribution >= 0.6 is 0 Å². The molecule has 7 heteroatoms. The zero-order valence-corrected chi connectivity index (χ0v) is 13.8. The van der Waals surface area contributed by atoms with Crippen LogP contribution < -0.4 is 11.1 Å². The number of carbonyl (C=O) groups excluding carboxylic acids is 1. The molecule has 0 saturated carbocycles. The highest BCUT2D eigenvalue weighted by Crippen LogP contribution is 2.29. The first kappa shape index (κ1) is 18.7. The lowest BCUT2D eigenvalue weighted by Gasteiger charge is -2.21. The van der Waals surface area contributed by atoms with Gasteiger partial charge in [-0.3, -0.25) is 9.59 Å². The molecule has 134 valence electrons. The van der Waals surface area contributed by atoms with E-state index >= 15 is 0 Å². The molecule has 1 amide bonds. The second kappa shape index (κ2) is 8.43. The van der Waals surface area contributed by atoms with Crippen molar-refractivity contribution in [1.82, 2.24) is 5.32 Å². The summed E-state index contributed by atoms with van der Waals surface area (Å²) in [6, 6.07) is 5.62. The number of hydrogen-bond donors (Lipinski definition) is 4. The quantitative estimate of drug-likeness (QED) is 0.559. The van der Waals surface area contributed by atoms with Crippen molar-refractivity contribution in [3.8, 4) is 0 Å². The molecule has 2 unspecified atom stereocenters. The van der Waals surface area contributed by atoms with E-state index in [4.69, 9.17) is 10.8 Å². The SMILES string of the molecule is NC(CCC(=O)NC(CC1=CCCc2ccccc21)C(=O)O)C(=O)O. The summed E-state index contributed by atoms with van der Waals surface area (Å²) in [7, 11) is 0. The summed E-state index contributed by atoms with van der Waals surface area (Å²) in [5.41, 5.74) is 8.44. The minimum absolute atomic E-state index is 0.0426. The first-order valence-electron chi connectivity index (χ1n) is 8.16. The lowest BCUT2D eigenvalue weighted by atomic mass is 9.87. The molecular formula is C18H22N2O5. The number of amides is 1. The number of nitrogens with two attached hydrogens (primary N) is 1. The van der Waals surface area contributed by atoms with Gasteiger partial charge in [-0.1, -0.05) is 30.3 Å². The largest absolute Gasteiger partial charge is 0.480 e. The number of carbonyl (C=O) groups is 3. The van der Waals surface area contributed by atoms with Crippen molar-refractivity contribution >= 4 is 23.4 Å². The fourth-order valence-electron chi connectivity index (χ4n) is 2.85. The second-order valence-electron chi connectivity index (χ2n) is 6.07. The van der Waals surface area contributed by atoms with Crippen molar-refractivity contribution in [1.29, 1.82) is 0 Å². The number of allylic oxidation sites excluding steroid dienone is 1. The zero-order valence-electron chi connectivity index (χ0n) is 13.8. The van der Waals surface area contributed by atoms with Crippen molar-refractivity contribution in [3.05, 3.63) is 41.5 Å². The average Bonchev–Trinajstić information content (AvgIpc) is 2.59. The van der Waals surface area contributed by atoms with Crippen molar-refractivity contribution in [2.75, 3.05) is 0 Å². The van der Waals surface area contributed by atoms with Crippen LogP contribution in [0.5, 0.6) is 0 Å². The number of hydrogen-bond acceptors (Lipinski definition) is 4. The van der Waals surface area contributed by atoms with E-state index in [0.29, 0.717) is 0 Å². The van der Waals surface area contributed by atoms with Gasteiger partial charge in [0, 0.05) is 12.8 Å². The summed E-state index contributed by atoms with van der Waals surface area (Å²) >= 11 is 0. The Morgan fingerprint density at radius 2 is 1.88 bits per heavy atom. The van der Waals surface area contributed by atoms with Crippen LogP contribution in [-0.2, 0) is 20.8 Å². The van der Waals surface area contributed by atoms with Gasteiger partial charge < -0.3 is 21.3 Å². The Bertz CT molecular complexity index is 698. The van der Waals surface area contributed by atoms with E-state index in [1.54, 1.807) is 0 Å². The van der Waals surface area contributed by atoms with Crippen molar-refractivity contribution < 1.29 is 24.6 Å². The standard InChI is InChI=1S/C18H22N2O5/c19-14(17(22)23)8-9-16(21)20-15(18(24)25)10-12-6-3-5-11-4-1-2-7-13(11)12/h1-2,4,6-7,14-15H,3,5,8-10,19H2,(H,20,21)(H,22,23)(H,24,25). The Morgan fingerprint density at radius 3 is 2.56 bits per heavy atom. The Kier molecular flexibility index (Phi) is 6.30. The van der Waals surface area contributed by atoms with Crippen molar-refractivity contribution in [3.63, 3.8) is 0 Å². The molecule has 0 radical (unpaired) electrons. The van der Waals surface area contributed by atoms with Gasteiger partial charge in [0.15, 0.2) is 0 Å². The highest BCUT2D eigenvalue weighted by molar-refractivity contribution is 5.86. The van der Waals surface area contributed by atoms with Crippen LogP contribution in [0.4, 0.5) is 0 Å². The van der Waals surface area contributed by atoms with E-state index in [1.807, 2.05) is 30.3 Å². The summed E-state index contributed by atoms with van der Waals surface area (Å²) in [6.45, 7) is 0. The van der Waals surface area contributed by atoms with Gasteiger partial charge in [-0.15, -0.1) is 0 Å². The minimum Gasteiger partial charge on any atom is -0.480 e. The van der Waals surface area contributed by atoms with E-state index in [0.717, 1.165) is 24.0 Å². The molecule has 1 aliphatic rings. The molecule has 2 atom stereocenters. The maximum Gasteiger partial charge on any atom is 0.326 e. The Labute approximate surface area is 145 Å². The monoisotopic (exact) mass is 346 g/mol. The maximum absolute atomic E-state index is 11.9. The average molecular weight is 346 g/mol. The number of carboxylic acid groups (broad SMARTS) is 2. The maximum atomic E-state index is 11.9. The summed E-state index contributed by atoms with van der Waals surface area (Å²) in [6.07, 6.45) is 3.76. The van der Waals surface area contributed by atoms with Crippen LogP contribution in [0.1, 0.15) is 36.8 Å². The number of rotatable bonds is 8. The van der Waals surface area contributed by atoms with Gasteiger partial charge in [0.05, 0.1) is 0 Å². The van der Waals surface area contributed by atoms with Crippen LogP contribution in [-0.4, -0.2) is 40.1 Å². The summed E-state index contributed by atoms with van der Waals surface area (Å²) < 4.78 is 0. The van der Waals surface area contributed by atoms with E-state index in [9.17, 15) is 19.5 Å². The van der Waals surface area contributed by atoms with Gasteiger partial charge in [-0.25, -0.2) is 4.79 Å². The molecular weight excluding hydrogens is 324 g/mol. The first-order valence-corrected chi connectivity index (χ1v) is 8.16. The molecule has 0 spiro atoms. The summed E-state index contributed by atoms with van der Waals surface area (Å²) in [5.74, 6) is -2.83. The zero-order chi connectivity index (χ0) is 18.4. The molecule has 25 heavy (non-hydrogen) atoms. The first-order chi connectivity index (χ1) is 11.9. The topological polar surface area (TPSA) is 130 Å². The number of nitrogens with one attached hydrogen (secondary N) is 1. The van der Waals surface area contributed by atoms with Crippen LogP contribution in [0, 0.1) is 0 Å². The van der Waals surface area contributed by atoms with Crippen LogP contribution in [0.15, 0.2) is 30.3 Å². The molecule has 0 aliphatic heterocycles.